The number of fused-ring (bicyclic) bond motifs is 3. The zero-order valence-electron chi connectivity index (χ0n) is 20.1. The number of aromatic nitrogens is 1. The molecule has 0 aliphatic heterocycles. The molecular formula is C28H30N2O3. The molecule has 1 aromatic heterocycles. The van der Waals surface area contributed by atoms with Crippen LogP contribution in [0.2, 0.25) is 0 Å². The standard InChI is InChI=1S/C26H24N2O3.C2H6/c1-5-28-24-12-10-19(17(3)27-31-18(4)29)14-22(24)23-15-20(11-13-25(23)28)26(30)21-9-7-6-8-16(21)2;1-2/h6-15H,5H2,1-4H3;1-2H3/b27-17+;. The molecule has 4 aromatic rings. The topological polar surface area (TPSA) is 60.7 Å². The Hall–Kier alpha value is -3.73. The third-order valence-electron chi connectivity index (χ3n) is 5.56. The Bertz CT molecular complexity index is 1360. The minimum absolute atomic E-state index is 0.0150. The van der Waals surface area contributed by atoms with Crippen molar-refractivity contribution in [2.75, 3.05) is 0 Å². The van der Waals surface area contributed by atoms with E-state index < -0.39 is 5.97 Å². The van der Waals surface area contributed by atoms with Gasteiger partial charge in [0.05, 0.1) is 5.71 Å². The fourth-order valence-corrected chi connectivity index (χ4v) is 3.98. The van der Waals surface area contributed by atoms with Crippen molar-refractivity contribution in [3.63, 3.8) is 0 Å². The lowest BCUT2D eigenvalue weighted by molar-refractivity contribution is -0.140. The van der Waals surface area contributed by atoms with Crippen molar-refractivity contribution in [3.05, 3.63) is 82.9 Å². The first-order valence-corrected chi connectivity index (χ1v) is 11.3. The summed E-state index contributed by atoms with van der Waals surface area (Å²) < 4.78 is 2.23. The van der Waals surface area contributed by atoms with Gasteiger partial charge in [0.15, 0.2) is 5.78 Å². The van der Waals surface area contributed by atoms with Gasteiger partial charge in [-0.3, -0.25) is 4.79 Å². The molecule has 1 heterocycles. The van der Waals surface area contributed by atoms with E-state index in [1.807, 2.05) is 81.4 Å². The highest BCUT2D eigenvalue weighted by Crippen LogP contribution is 2.31. The summed E-state index contributed by atoms with van der Waals surface area (Å²) in [5.74, 6) is -0.441. The van der Waals surface area contributed by atoms with E-state index in [0.717, 1.165) is 39.5 Å². The van der Waals surface area contributed by atoms with Crippen LogP contribution in [0, 0.1) is 6.92 Å². The molecule has 0 saturated heterocycles. The molecule has 0 amide bonds. The Kier molecular flexibility index (Phi) is 7.44. The fraction of sp³-hybridized carbons (Fsp3) is 0.250. The first kappa shape index (κ1) is 23.9. The van der Waals surface area contributed by atoms with Crippen molar-refractivity contribution in [3.8, 4) is 0 Å². The molecule has 0 bridgehead atoms. The first-order valence-electron chi connectivity index (χ1n) is 11.3. The van der Waals surface area contributed by atoms with Crippen LogP contribution in [0.25, 0.3) is 21.8 Å². The van der Waals surface area contributed by atoms with Crippen LogP contribution >= 0.6 is 0 Å². The number of hydrogen-bond donors (Lipinski definition) is 0. The summed E-state index contributed by atoms with van der Waals surface area (Å²) in [5, 5.41) is 5.95. The maximum absolute atomic E-state index is 13.2. The third kappa shape index (κ3) is 4.72. The van der Waals surface area contributed by atoms with Gasteiger partial charge in [-0.25, -0.2) is 4.79 Å². The van der Waals surface area contributed by atoms with Gasteiger partial charge in [0.2, 0.25) is 0 Å². The van der Waals surface area contributed by atoms with Crippen molar-refractivity contribution in [1.29, 1.82) is 0 Å². The van der Waals surface area contributed by atoms with E-state index in [1.54, 1.807) is 6.92 Å². The molecule has 0 N–H and O–H groups in total. The number of oxime groups is 1. The van der Waals surface area contributed by atoms with Crippen LogP contribution in [0.4, 0.5) is 0 Å². The highest BCUT2D eigenvalue weighted by molar-refractivity contribution is 6.16. The van der Waals surface area contributed by atoms with Crippen LogP contribution in [0.1, 0.15) is 61.7 Å². The Morgan fingerprint density at radius 1 is 0.879 bits per heavy atom. The zero-order chi connectivity index (χ0) is 24.1. The Morgan fingerprint density at radius 3 is 2.03 bits per heavy atom. The fourth-order valence-electron chi connectivity index (χ4n) is 3.98. The van der Waals surface area contributed by atoms with Crippen LogP contribution in [-0.2, 0) is 16.2 Å². The molecular weight excluding hydrogens is 412 g/mol. The van der Waals surface area contributed by atoms with E-state index in [9.17, 15) is 9.59 Å². The number of hydrogen-bond acceptors (Lipinski definition) is 4. The van der Waals surface area contributed by atoms with Crippen LogP contribution in [0.15, 0.2) is 65.8 Å². The molecule has 0 fully saturated rings. The number of nitrogens with zero attached hydrogens (tertiary/aromatic N) is 2. The molecule has 0 aliphatic rings. The lowest BCUT2D eigenvalue weighted by atomic mass is 9.97. The van der Waals surface area contributed by atoms with Gasteiger partial charge in [0.1, 0.15) is 0 Å². The van der Waals surface area contributed by atoms with E-state index >= 15 is 0 Å². The SMILES string of the molecule is CC.CCn1c2ccc(C(=O)c3ccccc3C)cc2c2cc(/C(C)=N/OC(C)=O)ccc21. The van der Waals surface area contributed by atoms with Gasteiger partial charge in [-0.1, -0.05) is 49.3 Å². The Morgan fingerprint density at radius 2 is 1.45 bits per heavy atom. The molecule has 5 nitrogen and oxygen atoms in total. The zero-order valence-corrected chi connectivity index (χ0v) is 20.1. The van der Waals surface area contributed by atoms with Crippen LogP contribution in [0.5, 0.6) is 0 Å². The number of benzene rings is 3. The van der Waals surface area contributed by atoms with Crippen molar-refractivity contribution in [2.24, 2.45) is 5.16 Å². The summed E-state index contributed by atoms with van der Waals surface area (Å²) in [6.45, 7) is 12.0. The predicted octanol–water partition coefficient (Wildman–Crippen LogP) is 6.67. The van der Waals surface area contributed by atoms with Gasteiger partial charge in [0, 0.05) is 46.4 Å². The summed E-state index contributed by atoms with van der Waals surface area (Å²) in [6, 6.07) is 19.6. The second-order valence-electron chi connectivity index (χ2n) is 7.61. The molecule has 0 saturated carbocycles. The normalized spacial score (nSPS) is 11.3. The lowest BCUT2D eigenvalue weighted by Crippen LogP contribution is -2.03. The quantitative estimate of drug-likeness (QED) is 0.150. The molecule has 0 unspecified atom stereocenters. The molecule has 5 heteroatoms. The van der Waals surface area contributed by atoms with Gasteiger partial charge < -0.3 is 9.40 Å². The lowest BCUT2D eigenvalue weighted by Gasteiger charge is -2.06. The summed E-state index contributed by atoms with van der Waals surface area (Å²) in [7, 11) is 0. The number of rotatable bonds is 5. The largest absolute Gasteiger partial charge is 0.341 e. The summed E-state index contributed by atoms with van der Waals surface area (Å²) >= 11 is 0. The van der Waals surface area contributed by atoms with Gasteiger partial charge >= 0.3 is 5.97 Å². The van der Waals surface area contributed by atoms with Crippen LogP contribution < -0.4 is 0 Å². The van der Waals surface area contributed by atoms with E-state index in [1.165, 1.54) is 6.92 Å². The number of ketones is 1. The Labute approximate surface area is 194 Å². The van der Waals surface area contributed by atoms with Crippen LogP contribution in [-0.4, -0.2) is 22.0 Å². The average Bonchev–Trinajstić information content (AvgIpc) is 3.15. The van der Waals surface area contributed by atoms with E-state index in [0.29, 0.717) is 16.8 Å². The third-order valence-corrected chi connectivity index (χ3v) is 5.56. The number of aryl methyl sites for hydroxylation is 2. The van der Waals surface area contributed by atoms with E-state index in [2.05, 4.69) is 16.6 Å². The number of carbonyl (C=O) groups is 2. The number of carbonyl (C=O) groups excluding carboxylic acids is 2. The molecule has 170 valence electrons. The maximum Gasteiger partial charge on any atom is 0.331 e. The van der Waals surface area contributed by atoms with Crippen LogP contribution in [0.3, 0.4) is 0 Å². The van der Waals surface area contributed by atoms with Crippen molar-refractivity contribution in [1.82, 2.24) is 4.57 Å². The maximum atomic E-state index is 13.2. The summed E-state index contributed by atoms with van der Waals surface area (Å²) in [4.78, 5) is 29.1. The molecule has 0 aliphatic carbocycles. The van der Waals surface area contributed by atoms with Gasteiger partial charge in [-0.2, -0.15) is 0 Å². The minimum Gasteiger partial charge on any atom is -0.341 e. The summed E-state index contributed by atoms with van der Waals surface area (Å²) in [5.41, 5.74) is 5.97. The van der Waals surface area contributed by atoms with Crippen molar-refractivity contribution in [2.45, 2.75) is 48.1 Å². The molecule has 33 heavy (non-hydrogen) atoms. The molecule has 4 rings (SSSR count). The second kappa shape index (κ2) is 10.3. The minimum atomic E-state index is -0.456. The van der Waals surface area contributed by atoms with E-state index in [4.69, 9.17) is 4.84 Å². The van der Waals surface area contributed by atoms with Gasteiger partial charge in [-0.05, 0) is 62.2 Å². The van der Waals surface area contributed by atoms with Crippen molar-refractivity contribution < 1.29 is 14.4 Å². The molecule has 3 aromatic carbocycles. The van der Waals surface area contributed by atoms with Gasteiger partial charge in [-0.15, -0.1) is 0 Å². The highest BCUT2D eigenvalue weighted by atomic mass is 16.7. The smallest absolute Gasteiger partial charge is 0.331 e. The molecule has 0 radical (unpaired) electrons. The monoisotopic (exact) mass is 442 g/mol. The molecule has 0 atom stereocenters. The van der Waals surface area contributed by atoms with Gasteiger partial charge in [0.25, 0.3) is 0 Å². The second-order valence-corrected chi connectivity index (χ2v) is 7.61. The first-order chi connectivity index (χ1) is 15.9. The van der Waals surface area contributed by atoms with Crippen molar-refractivity contribution >= 4 is 39.3 Å². The summed E-state index contributed by atoms with van der Waals surface area (Å²) in [6.07, 6.45) is 0. The highest BCUT2D eigenvalue weighted by Gasteiger charge is 2.16. The van der Waals surface area contributed by atoms with E-state index in [-0.39, 0.29) is 5.78 Å². The average molecular weight is 443 g/mol. The predicted molar refractivity (Wildman–Crippen MR) is 135 cm³/mol. The molecule has 0 spiro atoms. The Balaban J connectivity index is 0.00000149.